The van der Waals surface area contributed by atoms with Crippen LogP contribution in [0.2, 0.25) is 0 Å². The smallest absolute Gasteiger partial charge is 0.395 e. The minimum atomic E-state index is -4.59. The summed E-state index contributed by atoms with van der Waals surface area (Å²) < 4.78 is 48.0. The highest BCUT2D eigenvalue weighted by Gasteiger charge is 2.44. The van der Waals surface area contributed by atoms with E-state index >= 15 is 0 Å². The van der Waals surface area contributed by atoms with Crippen LogP contribution in [0, 0.1) is 0 Å². The molecular formula is C28H31F3N6O2S2. The maximum absolute atomic E-state index is 14.1. The predicted molar refractivity (Wildman–Crippen MR) is 153 cm³/mol. The Labute approximate surface area is 244 Å². The van der Waals surface area contributed by atoms with E-state index in [0.717, 1.165) is 71.3 Å². The number of rotatable bonds is 7. The van der Waals surface area contributed by atoms with Crippen LogP contribution < -0.4 is 10.2 Å². The highest BCUT2D eigenvalue weighted by molar-refractivity contribution is 7.99. The van der Waals surface area contributed by atoms with E-state index in [4.69, 9.17) is 9.72 Å². The molecule has 0 radical (unpaired) electrons. The van der Waals surface area contributed by atoms with E-state index in [9.17, 15) is 18.3 Å². The highest BCUT2D eigenvalue weighted by Crippen LogP contribution is 2.47. The van der Waals surface area contributed by atoms with Crippen LogP contribution in [-0.2, 0) is 10.9 Å². The Morgan fingerprint density at radius 2 is 2.02 bits per heavy atom. The van der Waals surface area contributed by atoms with Gasteiger partial charge in [-0.1, -0.05) is 0 Å². The summed E-state index contributed by atoms with van der Waals surface area (Å²) in [6.07, 6.45) is -0.770. The molecule has 41 heavy (non-hydrogen) atoms. The highest BCUT2D eigenvalue weighted by atomic mass is 32.2. The van der Waals surface area contributed by atoms with Gasteiger partial charge in [-0.15, -0.1) is 23.1 Å². The van der Waals surface area contributed by atoms with Crippen molar-refractivity contribution in [3.05, 3.63) is 40.5 Å². The molecule has 1 saturated carbocycles. The second kappa shape index (κ2) is 10.7. The summed E-state index contributed by atoms with van der Waals surface area (Å²) in [6, 6.07) is 6.53. The van der Waals surface area contributed by atoms with Crippen molar-refractivity contribution < 1.29 is 23.0 Å². The number of piperazine rings is 1. The Morgan fingerprint density at radius 1 is 1.17 bits per heavy atom. The van der Waals surface area contributed by atoms with Gasteiger partial charge in [-0.25, -0.2) is 15.0 Å². The second-order valence-corrected chi connectivity index (χ2v) is 13.3. The molecule has 4 aliphatic rings. The number of hydrogen-bond donors (Lipinski definition) is 2. The third kappa shape index (κ3) is 5.31. The average molecular weight is 605 g/mol. The average Bonchev–Trinajstić information content (AvgIpc) is 3.46. The summed E-state index contributed by atoms with van der Waals surface area (Å²) in [6.45, 7) is 5.21. The van der Waals surface area contributed by atoms with Gasteiger partial charge in [0, 0.05) is 59.4 Å². The number of β-amino-alcohol motifs (C(OH)–C–C–N with tert-alkyl or cyclic N) is 1. The number of aliphatic hydroxyl groups excluding tert-OH is 1. The molecule has 2 N–H and O–H groups in total. The Balaban J connectivity index is 1.19. The number of ether oxygens (including phenoxy) is 1. The zero-order valence-corrected chi connectivity index (χ0v) is 24.2. The molecule has 218 valence electrons. The van der Waals surface area contributed by atoms with Crippen molar-refractivity contribution in [3.8, 4) is 10.6 Å². The van der Waals surface area contributed by atoms with Crippen molar-refractivity contribution in [2.75, 3.05) is 48.8 Å². The topological polar surface area (TPSA) is 86.6 Å². The number of alkyl halides is 3. The largest absolute Gasteiger partial charge is 0.420 e. The van der Waals surface area contributed by atoms with Crippen LogP contribution in [0.1, 0.15) is 54.3 Å². The molecule has 0 spiro atoms. The van der Waals surface area contributed by atoms with Crippen molar-refractivity contribution in [2.24, 2.45) is 0 Å². The fourth-order valence-corrected chi connectivity index (χ4v) is 8.49. The number of halogens is 3. The van der Waals surface area contributed by atoms with Gasteiger partial charge in [-0.2, -0.15) is 13.2 Å². The lowest BCUT2D eigenvalue weighted by Crippen LogP contribution is -2.47. The van der Waals surface area contributed by atoms with Gasteiger partial charge in [0.15, 0.2) is 0 Å². The molecule has 3 fully saturated rings. The molecular weight excluding hydrogens is 573 g/mol. The lowest BCUT2D eigenvalue weighted by atomic mass is 10.2. The molecule has 13 heteroatoms. The zero-order chi connectivity index (χ0) is 28.3. The van der Waals surface area contributed by atoms with Crippen molar-refractivity contribution in [2.45, 2.75) is 61.4 Å². The van der Waals surface area contributed by atoms with Crippen molar-refractivity contribution in [1.29, 1.82) is 0 Å². The van der Waals surface area contributed by atoms with Gasteiger partial charge < -0.3 is 20.1 Å². The summed E-state index contributed by atoms with van der Waals surface area (Å²) in [4.78, 5) is 20.6. The van der Waals surface area contributed by atoms with Crippen LogP contribution in [-0.4, -0.2) is 75.6 Å². The lowest BCUT2D eigenvalue weighted by Gasteiger charge is -2.34. The Morgan fingerprint density at radius 3 is 2.76 bits per heavy atom. The monoisotopic (exact) mass is 604 g/mol. The molecule has 7 rings (SSSR count). The number of likely N-dealkylation sites (tertiary alicyclic amines) is 1. The summed E-state index contributed by atoms with van der Waals surface area (Å²) in [5, 5.41) is 12.6. The first kappa shape index (κ1) is 27.4. The fourth-order valence-electron chi connectivity index (χ4n) is 6.14. The van der Waals surface area contributed by atoms with E-state index in [1.165, 1.54) is 11.3 Å². The van der Waals surface area contributed by atoms with Crippen LogP contribution in [0.4, 0.5) is 30.6 Å². The number of anilines is 3. The zero-order valence-electron chi connectivity index (χ0n) is 22.5. The van der Waals surface area contributed by atoms with E-state index in [2.05, 4.69) is 25.1 Å². The van der Waals surface area contributed by atoms with E-state index in [1.807, 2.05) is 19.1 Å². The number of aliphatic hydroxyl groups is 1. The van der Waals surface area contributed by atoms with Gasteiger partial charge in [0.05, 0.1) is 41.3 Å². The maximum Gasteiger partial charge on any atom is 0.420 e. The van der Waals surface area contributed by atoms with Crippen LogP contribution >= 0.6 is 23.1 Å². The molecule has 2 saturated heterocycles. The number of nitrogens with zero attached hydrogens (tertiary/aromatic N) is 5. The van der Waals surface area contributed by atoms with Gasteiger partial charge >= 0.3 is 6.18 Å². The van der Waals surface area contributed by atoms with Crippen molar-refractivity contribution in [3.63, 3.8) is 0 Å². The number of thioether (sulfide) groups is 1. The maximum atomic E-state index is 14.1. The summed E-state index contributed by atoms with van der Waals surface area (Å²) in [5.74, 6) is 2.10. The molecule has 6 heterocycles. The fraction of sp³-hybridized carbons (Fsp3) is 0.536. The number of fused-ring (bicyclic) bond motifs is 3. The molecule has 1 aliphatic carbocycles. The van der Waals surface area contributed by atoms with E-state index in [1.54, 1.807) is 17.8 Å². The molecule has 0 amide bonds. The van der Waals surface area contributed by atoms with E-state index in [-0.39, 0.29) is 24.4 Å². The standard InChI is InChI=1S/C28H31F3N6O2S2/c1-15-26-22(40-9-8-39-15)11-21(41-26)25-19(28(29,30)31)12-32-27(35-25)33-20-4-5-23(34-24(20)16-2-3-16)37-14-17-10-18(37)13-36(17)6-7-38/h4-5,11-12,15-18,38H,2-3,6-10,13-14H2,1H3,(H,32,33,35). The van der Waals surface area contributed by atoms with Crippen LogP contribution in [0.5, 0.6) is 0 Å². The minimum absolute atomic E-state index is 0.116. The number of aromatic nitrogens is 3. The van der Waals surface area contributed by atoms with Gasteiger partial charge in [0.1, 0.15) is 11.4 Å². The molecule has 3 aromatic rings. The Bertz CT molecular complexity index is 1450. The first-order chi connectivity index (χ1) is 19.8. The molecule has 3 aliphatic heterocycles. The van der Waals surface area contributed by atoms with E-state index < -0.39 is 11.7 Å². The quantitative estimate of drug-likeness (QED) is 0.354. The van der Waals surface area contributed by atoms with Crippen molar-refractivity contribution >= 4 is 40.6 Å². The lowest BCUT2D eigenvalue weighted by molar-refractivity contribution is -0.137. The summed E-state index contributed by atoms with van der Waals surface area (Å²) >= 11 is 2.90. The first-order valence-corrected chi connectivity index (χ1v) is 15.8. The van der Waals surface area contributed by atoms with Gasteiger partial charge in [-0.3, -0.25) is 4.90 Å². The van der Waals surface area contributed by atoms with Crippen molar-refractivity contribution in [1.82, 2.24) is 19.9 Å². The van der Waals surface area contributed by atoms with Gasteiger partial charge in [0.25, 0.3) is 0 Å². The van der Waals surface area contributed by atoms with Crippen LogP contribution in [0.15, 0.2) is 29.3 Å². The number of pyridine rings is 1. The number of hydrogen-bond acceptors (Lipinski definition) is 10. The third-order valence-corrected chi connectivity index (χ3v) is 10.7. The Hall–Kier alpha value is -2.45. The van der Waals surface area contributed by atoms with Gasteiger partial charge in [0.2, 0.25) is 5.95 Å². The third-order valence-electron chi connectivity index (χ3n) is 8.29. The molecule has 0 aromatic carbocycles. The molecule has 3 atom stereocenters. The van der Waals surface area contributed by atoms with Crippen LogP contribution in [0.3, 0.4) is 0 Å². The molecule has 8 nitrogen and oxygen atoms in total. The molecule has 2 bridgehead atoms. The SMILES string of the molecule is CC1OCCSc2cc(-c3nc(Nc4ccc(N5CC6CC5CN6CCO)nc4C4CC4)ncc3C(F)(F)F)sc21. The van der Waals surface area contributed by atoms with Crippen LogP contribution in [0.25, 0.3) is 10.6 Å². The summed E-state index contributed by atoms with van der Waals surface area (Å²) in [5.41, 5.74) is 0.660. The molecule has 3 aromatic heterocycles. The normalized spacial score (nSPS) is 24.5. The second-order valence-electron chi connectivity index (χ2n) is 11.1. The van der Waals surface area contributed by atoms with Gasteiger partial charge in [-0.05, 0) is 44.4 Å². The molecule has 3 unspecified atom stereocenters. The Kier molecular flexibility index (Phi) is 7.13. The van der Waals surface area contributed by atoms with E-state index in [0.29, 0.717) is 36.0 Å². The minimum Gasteiger partial charge on any atom is -0.395 e. The predicted octanol–water partition coefficient (Wildman–Crippen LogP) is 5.68. The number of nitrogens with one attached hydrogen (secondary N) is 1. The number of thiophene rings is 1. The first-order valence-electron chi connectivity index (χ1n) is 14.0. The summed E-state index contributed by atoms with van der Waals surface area (Å²) in [7, 11) is 0.